The number of halogens is 1. The largest absolute Gasteiger partial charge is 0.351 e. The topological polar surface area (TPSA) is 65.0 Å². The standard InChI is InChI=1S/C20H26N4O2S2.HI/c1-21-20(22-15-18-9-10-19(27-18)28(25,26)23(2)3)24-13-11-17(12-14-24)16-7-5-4-6-8-16;/h4-11H,12-15H2,1-3H3,(H,21,22);1H. The zero-order valence-corrected chi connectivity index (χ0v) is 20.8. The number of nitrogens with zero attached hydrogens (tertiary/aromatic N) is 3. The van der Waals surface area contributed by atoms with Gasteiger partial charge in [-0.25, -0.2) is 12.7 Å². The van der Waals surface area contributed by atoms with E-state index in [1.54, 1.807) is 27.2 Å². The molecule has 1 aliphatic rings. The van der Waals surface area contributed by atoms with Crippen molar-refractivity contribution >= 4 is 56.9 Å². The van der Waals surface area contributed by atoms with E-state index in [1.165, 1.54) is 26.8 Å². The summed E-state index contributed by atoms with van der Waals surface area (Å²) in [6.45, 7) is 2.24. The molecule has 1 aromatic heterocycles. The summed E-state index contributed by atoms with van der Waals surface area (Å²) in [5.41, 5.74) is 2.64. The number of aliphatic imine (C=N–C) groups is 1. The molecule has 0 amide bonds. The quantitative estimate of drug-likeness (QED) is 0.355. The minimum Gasteiger partial charge on any atom is -0.351 e. The second-order valence-electron chi connectivity index (χ2n) is 6.70. The lowest BCUT2D eigenvalue weighted by molar-refractivity contribution is 0.440. The minimum absolute atomic E-state index is 0. The molecule has 6 nitrogen and oxygen atoms in total. The van der Waals surface area contributed by atoms with E-state index in [0.717, 1.165) is 30.3 Å². The van der Waals surface area contributed by atoms with Crippen LogP contribution < -0.4 is 5.32 Å². The molecule has 1 aromatic carbocycles. The lowest BCUT2D eigenvalue weighted by Crippen LogP contribution is -2.43. The summed E-state index contributed by atoms with van der Waals surface area (Å²) >= 11 is 1.29. The van der Waals surface area contributed by atoms with Crippen molar-refractivity contribution in [3.8, 4) is 0 Å². The molecule has 0 unspecified atom stereocenters. The van der Waals surface area contributed by atoms with Crippen molar-refractivity contribution < 1.29 is 8.42 Å². The van der Waals surface area contributed by atoms with Gasteiger partial charge in [0.1, 0.15) is 4.21 Å². The third-order valence-electron chi connectivity index (χ3n) is 4.66. The SMILES string of the molecule is CN=C(NCc1ccc(S(=O)(=O)N(C)C)s1)N1CC=C(c2ccccc2)CC1.I. The smallest absolute Gasteiger partial charge is 0.252 e. The normalized spacial score (nSPS) is 15.1. The molecule has 158 valence electrons. The molecule has 0 fully saturated rings. The van der Waals surface area contributed by atoms with Gasteiger partial charge in [0.05, 0.1) is 6.54 Å². The number of hydrogen-bond acceptors (Lipinski definition) is 4. The number of thiophene rings is 1. The molecule has 0 aliphatic carbocycles. The summed E-state index contributed by atoms with van der Waals surface area (Å²) in [4.78, 5) is 7.55. The van der Waals surface area contributed by atoms with E-state index in [-0.39, 0.29) is 24.0 Å². The number of nitrogens with one attached hydrogen (secondary N) is 1. The molecule has 0 radical (unpaired) electrons. The van der Waals surface area contributed by atoms with Crippen molar-refractivity contribution in [2.24, 2.45) is 4.99 Å². The molecular weight excluding hydrogens is 519 g/mol. The van der Waals surface area contributed by atoms with Gasteiger partial charge >= 0.3 is 0 Å². The molecule has 3 rings (SSSR count). The van der Waals surface area contributed by atoms with Crippen molar-refractivity contribution in [1.29, 1.82) is 0 Å². The molecule has 29 heavy (non-hydrogen) atoms. The number of hydrogen-bond donors (Lipinski definition) is 1. The Morgan fingerprint density at radius 1 is 1.21 bits per heavy atom. The second-order valence-corrected chi connectivity index (χ2v) is 10.2. The Balaban J connectivity index is 0.00000300. The zero-order chi connectivity index (χ0) is 20.1. The van der Waals surface area contributed by atoms with Crippen LogP contribution in [0.4, 0.5) is 0 Å². The van der Waals surface area contributed by atoms with Crippen LogP contribution in [0.2, 0.25) is 0 Å². The van der Waals surface area contributed by atoms with Gasteiger partial charge in [-0.15, -0.1) is 35.3 Å². The van der Waals surface area contributed by atoms with E-state index in [2.05, 4.69) is 45.6 Å². The zero-order valence-electron chi connectivity index (χ0n) is 16.8. The molecule has 0 atom stereocenters. The lowest BCUT2D eigenvalue weighted by atomic mass is 10.00. The van der Waals surface area contributed by atoms with Crippen LogP contribution in [0.25, 0.3) is 5.57 Å². The maximum Gasteiger partial charge on any atom is 0.252 e. The Hall–Kier alpha value is -1.43. The van der Waals surface area contributed by atoms with E-state index >= 15 is 0 Å². The third kappa shape index (κ3) is 5.80. The Morgan fingerprint density at radius 2 is 1.93 bits per heavy atom. The highest BCUT2D eigenvalue weighted by Gasteiger charge is 2.20. The first-order valence-corrected chi connectivity index (χ1v) is 11.4. The molecule has 1 aliphatic heterocycles. The highest BCUT2D eigenvalue weighted by Crippen LogP contribution is 2.24. The van der Waals surface area contributed by atoms with Crippen LogP contribution in [0.5, 0.6) is 0 Å². The highest BCUT2D eigenvalue weighted by molar-refractivity contribution is 14.0. The third-order valence-corrected chi connectivity index (χ3v) is 8.03. The van der Waals surface area contributed by atoms with Crippen LogP contribution in [0, 0.1) is 0 Å². The van der Waals surface area contributed by atoms with Gasteiger partial charge in [0.25, 0.3) is 10.0 Å². The van der Waals surface area contributed by atoms with Crippen molar-refractivity contribution in [2.75, 3.05) is 34.2 Å². The first-order valence-electron chi connectivity index (χ1n) is 9.13. The molecule has 0 bridgehead atoms. The number of sulfonamides is 1. The summed E-state index contributed by atoms with van der Waals surface area (Å²) < 4.78 is 26.0. The van der Waals surface area contributed by atoms with Crippen molar-refractivity contribution in [3.05, 3.63) is 59.0 Å². The van der Waals surface area contributed by atoms with Crippen LogP contribution >= 0.6 is 35.3 Å². The van der Waals surface area contributed by atoms with Gasteiger partial charge in [0.2, 0.25) is 0 Å². The van der Waals surface area contributed by atoms with Gasteiger partial charge < -0.3 is 10.2 Å². The van der Waals surface area contributed by atoms with E-state index in [4.69, 9.17) is 0 Å². The average molecular weight is 547 g/mol. The number of guanidine groups is 1. The summed E-state index contributed by atoms with van der Waals surface area (Å²) in [6, 6.07) is 14.0. The van der Waals surface area contributed by atoms with Crippen LogP contribution in [0.3, 0.4) is 0 Å². The van der Waals surface area contributed by atoms with Gasteiger partial charge in [-0.3, -0.25) is 4.99 Å². The van der Waals surface area contributed by atoms with Crippen molar-refractivity contribution in [1.82, 2.24) is 14.5 Å². The molecular formula is C20H27IN4O2S2. The average Bonchev–Trinajstić information content (AvgIpc) is 3.19. The maximum absolute atomic E-state index is 12.2. The van der Waals surface area contributed by atoms with E-state index < -0.39 is 10.0 Å². The predicted octanol–water partition coefficient (Wildman–Crippen LogP) is 3.48. The van der Waals surface area contributed by atoms with Crippen LogP contribution in [0.15, 0.2) is 57.7 Å². The molecule has 0 saturated carbocycles. The number of rotatable bonds is 5. The molecule has 0 spiro atoms. The Kier molecular flexibility index (Phi) is 8.68. The monoisotopic (exact) mass is 546 g/mol. The Bertz CT molecular complexity index is 969. The Morgan fingerprint density at radius 3 is 2.52 bits per heavy atom. The fraction of sp³-hybridized carbons (Fsp3) is 0.350. The van der Waals surface area contributed by atoms with Gasteiger partial charge in [0, 0.05) is 39.1 Å². The van der Waals surface area contributed by atoms with Gasteiger partial charge in [-0.2, -0.15) is 0 Å². The van der Waals surface area contributed by atoms with Crippen LogP contribution in [0.1, 0.15) is 16.9 Å². The lowest BCUT2D eigenvalue weighted by Gasteiger charge is -2.29. The minimum atomic E-state index is -3.38. The van der Waals surface area contributed by atoms with Gasteiger partial charge in [-0.05, 0) is 29.7 Å². The fourth-order valence-corrected chi connectivity index (χ4v) is 5.51. The molecule has 0 saturated heterocycles. The molecule has 9 heteroatoms. The molecule has 1 N–H and O–H groups in total. The first-order chi connectivity index (χ1) is 13.4. The van der Waals surface area contributed by atoms with Crippen molar-refractivity contribution in [3.63, 3.8) is 0 Å². The Labute approximate surface area is 194 Å². The van der Waals surface area contributed by atoms with E-state index in [1.807, 2.05) is 12.1 Å². The highest BCUT2D eigenvalue weighted by atomic mass is 127. The predicted molar refractivity (Wildman–Crippen MR) is 131 cm³/mol. The van der Waals surface area contributed by atoms with E-state index in [0.29, 0.717) is 10.8 Å². The van der Waals surface area contributed by atoms with Gasteiger partial charge in [-0.1, -0.05) is 36.4 Å². The second kappa shape index (κ2) is 10.6. The van der Waals surface area contributed by atoms with Crippen LogP contribution in [-0.4, -0.2) is 57.8 Å². The van der Waals surface area contributed by atoms with E-state index in [9.17, 15) is 8.42 Å². The van der Waals surface area contributed by atoms with Crippen LogP contribution in [-0.2, 0) is 16.6 Å². The van der Waals surface area contributed by atoms with Crippen molar-refractivity contribution in [2.45, 2.75) is 17.2 Å². The fourth-order valence-electron chi connectivity index (χ4n) is 3.05. The summed E-state index contributed by atoms with van der Waals surface area (Å²) in [5.74, 6) is 0.828. The maximum atomic E-state index is 12.2. The molecule has 2 aromatic rings. The summed E-state index contributed by atoms with van der Waals surface area (Å²) in [6.07, 6.45) is 3.22. The van der Waals surface area contributed by atoms with Gasteiger partial charge in [0.15, 0.2) is 5.96 Å². The molecule has 2 heterocycles. The number of benzene rings is 1. The summed E-state index contributed by atoms with van der Waals surface area (Å²) in [5, 5.41) is 3.35. The first kappa shape index (κ1) is 23.8. The summed E-state index contributed by atoms with van der Waals surface area (Å²) in [7, 11) is 1.48.